The van der Waals surface area contributed by atoms with Gasteiger partial charge in [-0.2, -0.15) is 13.2 Å². The maximum absolute atomic E-state index is 12.7. The monoisotopic (exact) mass is 392 g/mol. The third-order valence-corrected chi connectivity index (χ3v) is 5.58. The molecule has 0 atom stereocenters. The van der Waals surface area contributed by atoms with E-state index in [4.69, 9.17) is 11.6 Å². The Kier molecular flexibility index (Phi) is 5.62. The van der Waals surface area contributed by atoms with Crippen LogP contribution >= 0.6 is 11.6 Å². The van der Waals surface area contributed by atoms with E-state index in [1.165, 1.54) is 4.90 Å². The summed E-state index contributed by atoms with van der Waals surface area (Å²) in [5, 5.41) is 0.0478. The molecule has 3 rings (SSSR count). The number of hydrogen-bond donors (Lipinski definition) is 1. The van der Waals surface area contributed by atoms with Crippen molar-refractivity contribution in [2.45, 2.75) is 19.0 Å². The number of likely N-dealkylation sites (N-methyl/N-ethyl adjacent to an activating group) is 1. The zero-order valence-electron chi connectivity index (χ0n) is 14.7. The fourth-order valence-corrected chi connectivity index (χ4v) is 3.88. The SMILES string of the molecule is C[NH+]1CCN(C(=O)C2CCN(c3[nH+]cc(C(F)(F)F)cc3Cl)CC2)CC1. The Morgan fingerprint density at radius 1 is 1.23 bits per heavy atom. The van der Waals surface area contributed by atoms with Crippen LogP contribution in [0.5, 0.6) is 0 Å². The van der Waals surface area contributed by atoms with E-state index in [1.54, 1.807) is 0 Å². The Morgan fingerprint density at radius 2 is 1.85 bits per heavy atom. The van der Waals surface area contributed by atoms with E-state index in [-0.39, 0.29) is 16.8 Å². The Hall–Kier alpha value is -1.54. The van der Waals surface area contributed by atoms with Crippen molar-refractivity contribution in [3.05, 3.63) is 22.8 Å². The van der Waals surface area contributed by atoms with Crippen molar-refractivity contribution >= 4 is 23.3 Å². The summed E-state index contributed by atoms with van der Waals surface area (Å²) in [6.45, 7) is 4.72. The number of rotatable bonds is 2. The summed E-state index contributed by atoms with van der Waals surface area (Å²) in [7, 11) is 2.13. The number of aromatic nitrogens is 1. The van der Waals surface area contributed by atoms with Gasteiger partial charge in [-0.25, -0.2) is 4.98 Å². The number of quaternary nitrogens is 1. The molecule has 0 unspecified atom stereocenters. The molecule has 2 N–H and O–H groups in total. The largest absolute Gasteiger partial charge is 0.419 e. The van der Waals surface area contributed by atoms with E-state index in [9.17, 15) is 18.0 Å². The fourth-order valence-electron chi connectivity index (χ4n) is 3.58. The average Bonchev–Trinajstić information content (AvgIpc) is 2.61. The molecule has 0 radical (unpaired) electrons. The lowest BCUT2D eigenvalue weighted by Gasteiger charge is -2.34. The minimum absolute atomic E-state index is 0.0159. The molecule has 3 heterocycles. The fraction of sp³-hybridized carbons (Fsp3) is 0.647. The maximum atomic E-state index is 12.7. The van der Waals surface area contributed by atoms with Gasteiger partial charge in [0.2, 0.25) is 5.91 Å². The van der Waals surface area contributed by atoms with Crippen LogP contribution in [-0.4, -0.2) is 57.1 Å². The highest BCUT2D eigenvalue weighted by Crippen LogP contribution is 2.33. The second-order valence-corrected chi connectivity index (χ2v) is 7.53. The first kappa shape index (κ1) is 19.2. The predicted octanol–water partition coefficient (Wildman–Crippen LogP) is 0.746. The summed E-state index contributed by atoms with van der Waals surface area (Å²) < 4.78 is 38.2. The molecule has 26 heavy (non-hydrogen) atoms. The molecule has 5 nitrogen and oxygen atoms in total. The van der Waals surface area contributed by atoms with Crippen LogP contribution in [0.1, 0.15) is 18.4 Å². The molecule has 1 aromatic rings. The van der Waals surface area contributed by atoms with Gasteiger partial charge in [0.1, 0.15) is 11.2 Å². The lowest BCUT2D eigenvalue weighted by molar-refractivity contribution is -0.883. The number of halogens is 4. The summed E-state index contributed by atoms with van der Waals surface area (Å²) in [6.07, 6.45) is -2.13. The number of amides is 1. The lowest BCUT2D eigenvalue weighted by atomic mass is 9.95. The van der Waals surface area contributed by atoms with Crippen molar-refractivity contribution in [1.29, 1.82) is 0 Å². The Bertz CT molecular complexity index is 654. The highest BCUT2D eigenvalue weighted by molar-refractivity contribution is 6.32. The van der Waals surface area contributed by atoms with Crippen LogP contribution in [0.2, 0.25) is 5.02 Å². The number of carbonyl (C=O) groups is 1. The van der Waals surface area contributed by atoms with Gasteiger partial charge in [-0.1, -0.05) is 11.6 Å². The number of nitrogens with zero attached hydrogens (tertiary/aromatic N) is 2. The predicted molar refractivity (Wildman–Crippen MR) is 91.1 cm³/mol. The number of aromatic amines is 1. The van der Waals surface area contributed by atoms with Gasteiger partial charge >= 0.3 is 6.18 Å². The van der Waals surface area contributed by atoms with Crippen LogP contribution in [0.15, 0.2) is 12.3 Å². The van der Waals surface area contributed by atoms with Gasteiger partial charge in [0.05, 0.1) is 51.9 Å². The van der Waals surface area contributed by atoms with E-state index in [2.05, 4.69) is 12.0 Å². The van der Waals surface area contributed by atoms with Crippen LogP contribution < -0.4 is 14.8 Å². The second kappa shape index (κ2) is 7.60. The molecule has 0 bridgehead atoms. The van der Waals surface area contributed by atoms with E-state index in [0.29, 0.717) is 31.7 Å². The molecule has 0 spiro atoms. The molecule has 2 fully saturated rings. The summed E-state index contributed by atoms with van der Waals surface area (Å²) in [4.78, 5) is 20.6. The first-order chi connectivity index (χ1) is 12.3. The molecule has 0 aliphatic carbocycles. The molecule has 2 aliphatic rings. The van der Waals surface area contributed by atoms with Gasteiger partial charge in [-0.3, -0.25) is 9.69 Å². The van der Waals surface area contributed by atoms with Gasteiger partial charge in [0, 0.05) is 5.92 Å². The van der Waals surface area contributed by atoms with Gasteiger partial charge < -0.3 is 9.80 Å². The van der Waals surface area contributed by atoms with E-state index in [0.717, 1.165) is 38.4 Å². The zero-order valence-corrected chi connectivity index (χ0v) is 15.5. The minimum atomic E-state index is -4.43. The highest BCUT2D eigenvalue weighted by atomic mass is 35.5. The van der Waals surface area contributed by atoms with Crippen LogP contribution in [0.25, 0.3) is 0 Å². The Labute approximate surface area is 155 Å². The van der Waals surface area contributed by atoms with E-state index < -0.39 is 11.7 Å². The number of nitrogens with one attached hydrogen (secondary N) is 2. The zero-order chi connectivity index (χ0) is 18.9. The lowest BCUT2D eigenvalue weighted by Crippen LogP contribution is -3.12. The topological polar surface area (TPSA) is 42.1 Å². The van der Waals surface area contributed by atoms with Crippen molar-refractivity contribution in [1.82, 2.24) is 4.90 Å². The summed E-state index contributed by atoms with van der Waals surface area (Å²) >= 11 is 6.05. The molecular formula is C17H24ClF3N4O+2. The van der Waals surface area contributed by atoms with Crippen LogP contribution in [0, 0.1) is 5.92 Å². The Morgan fingerprint density at radius 3 is 2.38 bits per heavy atom. The summed E-state index contributed by atoms with van der Waals surface area (Å²) in [5.74, 6) is 0.672. The number of pyridine rings is 1. The summed E-state index contributed by atoms with van der Waals surface area (Å²) in [6, 6.07) is 0.942. The number of hydrogen-bond acceptors (Lipinski definition) is 2. The van der Waals surface area contributed by atoms with Crippen molar-refractivity contribution in [2.24, 2.45) is 5.92 Å². The third-order valence-electron chi connectivity index (χ3n) is 5.29. The summed E-state index contributed by atoms with van der Waals surface area (Å²) in [5.41, 5.74) is -0.798. The number of H-pyrrole nitrogens is 1. The number of piperazine rings is 1. The van der Waals surface area contributed by atoms with E-state index in [1.807, 2.05) is 9.80 Å². The second-order valence-electron chi connectivity index (χ2n) is 7.13. The number of alkyl halides is 3. The minimum Gasteiger partial charge on any atom is -0.334 e. The molecule has 1 aromatic heterocycles. The van der Waals surface area contributed by atoms with Crippen molar-refractivity contribution < 1.29 is 27.8 Å². The Balaban J connectivity index is 1.59. The van der Waals surface area contributed by atoms with Gasteiger partial charge in [-0.05, 0) is 18.9 Å². The van der Waals surface area contributed by atoms with Gasteiger partial charge in [-0.15, -0.1) is 0 Å². The number of anilines is 1. The molecule has 0 aromatic carbocycles. The maximum Gasteiger partial charge on any atom is 0.419 e. The normalized spacial score (nSPS) is 20.5. The highest BCUT2D eigenvalue weighted by Gasteiger charge is 2.36. The van der Waals surface area contributed by atoms with Gasteiger partial charge in [0.15, 0.2) is 0 Å². The molecular weight excluding hydrogens is 369 g/mol. The molecule has 0 saturated carbocycles. The van der Waals surface area contributed by atoms with Crippen molar-refractivity contribution in [2.75, 3.05) is 51.2 Å². The molecule has 144 valence electrons. The van der Waals surface area contributed by atoms with Crippen LogP contribution in [-0.2, 0) is 11.0 Å². The average molecular weight is 393 g/mol. The smallest absolute Gasteiger partial charge is 0.334 e. The van der Waals surface area contributed by atoms with Gasteiger partial charge in [0.25, 0.3) is 5.82 Å². The number of piperidine rings is 1. The molecule has 9 heteroatoms. The quantitative estimate of drug-likeness (QED) is 0.807. The standard InChI is InChI=1S/C17H22ClF3N4O/c1-23-6-8-25(9-7-23)16(26)12-2-4-24(5-3-12)15-14(18)10-13(11-22-15)17(19,20)21/h10-12H,2-9H2,1H3/p+2. The van der Waals surface area contributed by atoms with Crippen LogP contribution in [0.3, 0.4) is 0 Å². The first-order valence-electron chi connectivity index (χ1n) is 8.89. The first-order valence-corrected chi connectivity index (χ1v) is 9.27. The van der Waals surface area contributed by atoms with Crippen LogP contribution in [0.4, 0.5) is 19.0 Å². The number of carbonyl (C=O) groups excluding carboxylic acids is 1. The molecule has 2 aliphatic heterocycles. The van der Waals surface area contributed by atoms with Crippen molar-refractivity contribution in [3.8, 4) is 0 Å². The molecule has 2 saturated heterocycles. The molecule has 1 amide bonds. The van der Waals surface area contributed by atoms with E-state index >= 15 is 0 Å². The third kappa shape index (κ3) is 4.23. The van der Waals surface area contributed by atoms with Crippen molar-refractivity contribution in [3.63, 3.8) is 0 Å².